The standard InChI is InChI=1S/C21H21NO3/c1-3-25-21(24)19(14(2)23)20(15-9-5-4-6-10-15)17-13-22-18-12-8-7-11-16(17)18/h4-13,19-20,22H,3H2,1-2H3/t19-,20+/m1/s1. The average Bonchev–Trinajstić information content (AvgIpc) is 3.04. The Hall–Kier alpha value is -2.88. The number of fused-ring (bicyclic) bond motifs is 1. The Morgan fingerprint density at radius 3 is 2.40 bits per heavy atom. The molecule has 0 aliphatic rings. The SMILES string of the molecule is CCOC(=O)[C@H](C(C)=O)[C@@H](c1ccccc1)c1c[nH]c2ccccc12. The van der Waals surface area contributed by atoms with Gasteiger partial charge in [0.15, 0.2) is 0 Å². The maximum absolute atomic E-state index is 12.6. The van der Waals surface area contributed by atoms with Crippen LogP contribution < -0.4 is 0 Å². The van der Waals surface area contributed by atoms with Crippen molar-refractivity contribution >= 4 is 22.7 Å². The Bertz CT molecular complexity index is 882. The van der Waals surface area contributed by atoms with Crippen LogP contribution >= 0.6 is 0 Å². The second-order valence-electron chi connectivity index (χ2n) is 6.02. The number of nitrogens with one attached hydrogen (secondary N) is 1. The van der Waals surface area contributed by atoms with E-state index in [1.165, 1.54) is 6.92 Å². The minimum Gasteiger partial charge on any atom is -0.465 e. The maximum atomic E-state index is 12.6. The highest BCUT2D eigenvalue weighted by molar-refractivity contribution is 6.00. The molecule has 0 saturated carbocycles. The lowest BCUT2D eigenvalue weighted by Gasteiger charge is -2.24. The summed E-state index contributed by atoms with van der Waals surface area (Å²) < 4.78 is 5.21. The molecule has 2 aromatic carbocycles. The molecule has 0 unspecified atom stereocenters. The fraction of sp³-hybridized carbons (Fsp3) is 0.238. The van der Waals surface area contributed by atoms with Gasteiger partial charge in [-0.2, -0.15) is 0 Å². The third-order valence-corrected chi connectivity index (χ3v) is 4.43. The smallest absolute Gasteiger partial charge is 0.317 e. The number of H-pyrrole nitrogens is 1. The van der Waals surface area contributed by atoms with Gasteiger partial charge in [0.25, 0.3) is 0 Å². The van der Waals surface area contributed by atoms with E-state index in [4.69, 9.17) is 4.74 Å². The third kappa shape index (κ3) is 3.33. The number of aromatic nitrogens is 1. The van der Waals surface area contributed by atoms with Crippen LogP contribution in [0.2, 0.25) is 0 Å². The number of esters is 1. The van der Waals surface area contributed by atoms with Gasteiger partial charge in [0.1, 0.15) is 11.7 Å². The second-order valence-corrected chi connectivity index (χ2v) is 6.02. The fourth-order valence-corrected chi connectivity index (χ4v) is 3.33. The number of para-hydroxylation sites is 1. The van der Waals surface area contributed by atoms with E-state index in [2.05, 4.69) is 4.98 Å². The van der Waals surface area contributed by atoms with Gasteiger partial charge in [-0.25, -0.2) is 0 Å². The van der Waals surface area contributed by atoms with Crippen molar-refractivity contribution in [1.29, 1.82) is 0 Å². The van der Waals surface area contributed by atoms with Crippen molar-refractivity contribution in [3.63, 3.8) is 0 Å². The summed E-state index contributed by atoms with van der Waals surface area (Å²) in [6.07, 6.45) is 1.89. The molecule has 0 amide bonds. The fourth-order valence-electron chi connectivity index (χ4n) is 3.33. The minimum absolute atomic E-state index is 0.197. The Balaban J connectivity index is 2.19. The van der Waals surface area contributed by atoms with Crippen LogP contribution in [0.4, 0.5) is 0 Å². The number of carbonyl (C=O) groups excluding carboxylic acids is 2. The zero-order chi connectivity index (χ0) is 17.8. The van der Waals surface area contributed by atoms with Crippen molar-refractivity contribution in [1.82, 2.24) is 4.98 Å². The monoisotopic (exact) mass is 335 g/mol. The molecule has 0 aliphatic carbocycles. The highest BCUT2D eigenvalue weighted by atomic mass is 16.5. The van der Waals surface area contributed by atoms with Crippen LogP contribution in [0.1, 0.15) is 30.9 Å². The molecule has 3 aromatic rings. The predicted molar refractivity (Wildman–Crippen MR) is 97.4 cm³/mol. The number of ketones is 1. The van der Waals surface area contributed by atoms with Crippen LogP contribution in [0.15, 0.2) is 60.8 Å². The molecule has 25 heavy (non-hydrogen) atoms. The first-order valence-corrected chi connectivity index (χ1v) is 8.41. The van der Waals surface area contributed by atoms with Gasteiger partial charge in [0.2, 0.25) is 0 Å². The van der Waals surface area contributed by atoms with Crippen LogP contribution in [-0.2, 0) is 14.3 Å². The van der Waals surface area contributed by atoms with Gasteiger partial charge in [-0.05, 0) is 31.0 Å². The first-order valence-electron chi connectivity index (χ1n) is 8.41. The van der Waals surface area contributed by atoms with Gasteiger partial charge in [0, 0.05) is 23.0 Å². The molecule has 3 rings (SSSR count). The van der Waals surface area contributed by atoms with E-state index in [1.807, 2.05) is 60.8 Å². The summed E-state index contributed by atoms with van der Waals surface area (Å²) in [6.45, 7) is 3.45. The molecule has 0 fully saturated rings. The molecular weight excluding hydrogens is 314 g/mol. The Labute approximate surface area is 146 Å². The highest BCUT2D eigenvalue weighted by Crippen LogP contribution is 2.37. The van der Waals surface area contributed by atoms with Crippen molar-refractivity contribution in [2.24, 2.45) is 5.92 Å². The van der Waals surface area contributed by atoms with Gasteiger partial charge >= 0.3 is 5.97 Å². The lowest BCUT2D eigenvalue weighted by atomic mass is 9.78. The Kier molecular flexibility index (Phi) is 4.98. The third-order valence-electron chi connectivity index (χ3n) is 4.43. The lowest BCUT2D eigenvalue weighted by Crippen LogP contribution is -2.31. The quantitative estimate of drug-likeness (QED) is 0.546. The first kappa shape index (κ1) is 17.0. The molecule has 2 atom stereocenters. The van der Waals surface area contributed by atoms with E-state index in [0.29, 0.717) is 0 Å². The van der Waals surface area contributed by atoms with Crippen molar-refractivity contribution in [3.05, 3.63) is 71.9 Å². The number of hydrogen-bond acceptors (Lipinski definition) is 3. The topological polar surface area (TPSA) is 59.2 Å². The molecule has 1 heterocycles. The molecule has 1 N–H and O–H groups in total. The zero-order valence-electron chi connectivity index (χ0n) is 14.4. The van der Waals surface area contributed by atoms with Crippen LogP contribution in [0, 0.1) is 5.92 Å². The first-order chi connectivity index (χ1) is 12.1. The molecular formula is C21H21NO3. The van der Waals surface area contributed by atoms with Crippen molar-refractivity contribution < 1.29 is 14.3 Å². The number of carbonyl (C=O) groups is 2. The molecule has 4 nitrogen and oxygen atoms in total. The normalized spacial score (nSPS) is 13.4. The molecule has 0 saturated heterocycles. The van der Waals surface area contributed by atoms with Crippen molar-refractivity contribution in [3.8, 4) is 0 Å². The number of aromatic amines is 1. The molecule has 1 aromatic heterocycles. The van der Waals surface area contributed by atoms with E-state index >= 15 is 0 Å². The van der Waals surface area contributed by atoms with E-state index in [1.54, 1.807) is 6.92 Å². The molecule has 0 aliphatic heterocycles. The van der Waals surface area contributed by atoms with Crippen LogP contribution in [0.5, 0.6) is 0 Å². The highest BCUT2D eigenvalue weighted by Gasteiger charge is 2.37. The van der Waals surface area contributed by atoms with Crippen molar-refractivity contribution in [2.45, 2.75) is 19.8 Å². The van der Waals surface area contributed by atoms with E-state index in [-0.39, 0.29) is 12.4 Å². The van der Waals surface area contributed by atoms with Gasteiger partial charge in [0.05, 0.1) is 6.61 Å². The van der Waals surface area contributed by atoms with Crippen LogP contribution in [0.3, 0.4) is 0 Å². The van der Waals surface area contributed by atoms with E-state index in [9.17, 15) is 9.59 Å². The Morgan fingerprint density at radius 2 is 1.72 bits per heavy atom. The van der Waals surface area contributed by atoms with Gasteiger partial charge in [-0.3, -0.25) is 9.59 Å². The maximum Gasteiger partial charge on any atom is 0.317 e. The summed E-state index contributed by atoms with van der Waals surface area (Å²) in [5.74, 6) is -1.94. The van der Waals surface area contributed by atoms with Crippen LogP contribution in [0.25, 0.3) is 10.9 Å². The van der Waals surface area contributed by atoms with Crippen molar-refractivity contribution in [2.75, 3.05) is 6.61 Å². The van der Waals surface area contributed by atoms with Gasteiger partial charge < -0.3 is 9.72 Å². The number of Topliss-reactive ketones (excluding diaryl/α,β-unsaturated/α-hetero) is 1. The summed E-state index contributed by atoms with van der Waals surface area (Å²) in [4.78, 5) is 28.2. The summed E-state index contributed by atoms with van der Waals surface area (Å²) >= 11 is 0. The summed E-state index contributed by atoms with van der Waals surface area (Å²) in [5.41, 5.74) is 2.82. The lowest BCUT2D eigenvalue weighted by molar-refractivity contribution is -0.151. The van der Waals surface area contributed by atoms with Crippen LogP contribution in [-0.4, -0.2) is 23.3 Å². The minimum atomic E-state index is -0.874. The van der Waals surface area contributed by atoms with E-state index in [0.717, 1.165) is 22.0 Å². The molecule has 128 valence electrons. The van der Waals surface area contributed by atoms with Gasteiger partial charge in [-0.1, -0.05) is 48.5 Å². The molecule has 0 radical (unpaired) electrons. The number of ether oxygens (including phenoxy) is 1. The molecule has 4 heteroatoms. The van der Waals surface area contributed by atoms with Gasteiger partial charge in [-0.15, -0.1) is 0 Å². The summed E-state index contributed by atoms with van der Waals surface area (Å²) in [6, 6.07) is 17.5. The second kappa shape index (κ2) is 7.34. The average molecular weight is 335 g/mol. The zero-order valence-corrected chi connectivity index (χ0v) is 14.4. The summed E-state index contributed by atoms with van der Waals surface area (Å²) in [7, 11) is 0. The predicted octanol–water partition coefficient (Wildman–Crippen LogP) is 4.07. The molecule has 0 spiro atoms. The molecule has 0 bridgehead atoms. The number of rotatable bonds is 6. The Morgan fingerprint density at radius 1 is 1.04 bits per heavy atom. The van der Waals surface area contributed by atoms with E-state index < -0.39 is 17.8 Å². The number of hydrogen-bond donors (Lipinski definition) is 1. The summed E-state index contributed by atoms with van der Waals surface area (Å²) in [5, 5.41) is 1.01. The largest absolute Gasteiger partial charge is 0.465 e. The number of benzene rings is 2.